The van der Waals surface area contributed by atoms with Crippen LogP contribution in [-0.2, 0) is 0 Å². The Morgan fingerprint density at radius 3 is 2.29 bits per heavy atom. The molecule has 0 saturated heterocycles. The van der Waals surface area contributed by atoms with Crippen LogP contribution in [0.1, 0.15) is 37.6 Å². The third kappa shape index (κ3) is 5.37. The molecule has 0 unspecified atom stereocenters. The molecule has 0 aliphatic carbocycles. The van der Waals surface area contributed by atoms with Crippen LogP contribution in [0.5, 0.6) is 0 Å². The van der Waals surface area contributed by atoms with Crippen molar-refractivity contribution in [2.75, 3.05) is 6.54 Å². The highest BCUT2D eigenvalue weighted by atomic mass is 35.5. The molecule has 0 spiro atoms. The van der Waals surface area contributed by atoms with E-state index in [2.05, 4.69) is 31.1 Å². The Labute approximate surface area is 112 Å². The van der Waals surface area contributed by atoms with E-state index in [1.807, 2.05) is 0 Å². The molecular formula is C12H16Cl2N2O. The van der Waals surface area contributed by atoms with Crippen LogP contribution in [0.15, 0.2) is 12.1 Å². The van der Waals surface area contributed by atoms with Crippen LogP contribution in [0.25, 0.3) is 0 Å². The molecule has 1 aromatic rings. The van der Waals surface area contributed by atoms with Gasteiger partial charge < -0.3 is 5.32 Å². The van der Waals surface area contributed by atoms with Crippen molar-refractivity contribution in [3.05, 3.63) is 28.0 Å². The molecule has 1 aromatic heterocycles. The van der Waals surface area contributed by atoms with Gasteiger partial charge in [-0.1, -0.05) is 44.0 Å². The summed E-state index contributed by atoms with van der Waals surface area (Å²) in [5, 5.41) is 3.27. The Morgan fingerprint density at radius 1 is 1.29 bits per heavy atom. The topological polar surface area (TPSA) is 42.0 Å². The summed E-state index contributed by atoms with van der Waals surface area (Å²) in [5.41, 5.74) is 0.629. The second kappa shape index (κ2) is 5.69. The number of amides is 1. The molecule has 0 aliphatic heterocycles. The number of pyridine rings is 1. The van der Waals surface area contributed by atoms with Crippen molar-refractivity contribution in [2.45, 2.75) is 27.2 Å². The Kier molecular flexibility index (Phi) is 4.78. The summed E-state index contributed by atoms with van der Waals surface area (Å²) in [6, 6.07) is 3.00. The highest BCUT2D eigenvalue weighted by molar-refractivity contribution is 6.33. The average Bonchev–Trinajstić information content (AvgIpc) is 2.13. The minimum Gasteiger partial charge on any atom is -0.352 e. The molecule has 1 amide bonds. The third-order valence-electron chi connectivity index (χ3n) is 2.19. The minimum absolute atomic E-state index is 0.180. The quantitative estimate of drug-likeness (QED) is 0.857. The molecule has 3 nitrogen and oxygen atoms in total. The van der Waals surface area contributed by atoms with Crippen molar-refractivity contribution in [3.8, 4) is 0 Å². The summed E-state index contributed by atoms with van der Waals surface area (Å²) in [6.45, 7) is 7.00. The van der Waals surface area contributed by atoms with E-state index in [0.29, 0.717) is 12.1 Å². The zero-order valence-electron chi connectivity index (χ0n) is 10.2. The van der Waals surface area contributed by atoms with Gasteiger partial charge in [-0.2, -0.15) is 0 Å². The van der Waals surface area contributed by atoms with Crippen molar-refractivity contribution in [2.24, 2.45) is 5.41 Å². The fourth-order valence-electron chi connectivity index (χ4n) is 1.25. The van der Waals surface area contributed by atoms with Gasteiger partial charge in [0, 0.05) is 12.1 Å². The van der Waals surface area contributed by atoms with Crippen LogP contribution < -0.4 is 5.32 Å². The number of halogens is 2. The van der Waals surface area contributed by atoms with E-state index in [-0.39, 0.29) is 21.6 Å². The molecule has 1 N–H and O–H groups in total. The van der Waals surface area contributed by atoms with Crippen molar-refractivity contribution in [1.29, 1.82) is 0 Å². The first-order valence-electron chi connectivity index (χ1n) is 5.39. The smallest absolute Gasteiger partial charge is 0.251 e. The maximum absolute atomic E-state index is 11.8. The van der Waals surface area contributed by atoms with Gasteiger partial charge in [-0.05, 0) is 24.0 Å². The summed E-state index contributed by atoms with van der Waals surface area (Å²) in [4.78, 5) is 15.6. The van der Waals surface area contributed by atoms with Crippen LogP contribution in [0.4, 0.5) is 0 Å². The van der Waals surface area contributed by atoms with Gasteiger partial charge in [-0.25, -0.2) is 4.98 Å². The molecule has 0 fully saturated rings. The van der Waals surface area contributed by atoms with Gasteiger partial charge >= 0.3 is 0 Å². The lowest BCUT2D eigenvalue weighted by molar-refractivity contribution is 0.0949. The molecule has 0 aromatic carbocycles. The maximum atomic E-state index is 11.8. The van der Waals surface area contributed by atoms with Gasteiger partial charge in [-0.15, -0.1) is 0 Å². The van der Waals surface area contributed by atoms with Gasteiger partial charge in [0.2, 0.25) is 0 Å². The Hall–Kier alpha value is -0.800. The van der Waals surface area contributed by atoms with E-state index in [1.54, 1.807) is 0 Å². The van der Waals surface area contributed by atoms with Crippen molar-refractivity contribution in [3.63, 3.8) is 0 Å². The first kappa shape index (κ1) is 14.3. The lowest BCUT2D eigenvalue weighted by Gasteiger charge is -2.18. The van der Waals surface area contributed by atoms with Gasteiger partial charge in [0.15, 0.2) is 0 Å². The van der Waals surface area contributed by atoms with E-state index in [4.69, 9.17) is 23.2 Å². The Balaban J connectivity index is 2.58. The molecule has 0 aliphatic rings. The van der Waals surface area contributed by atoms with Gasteiger partial charge in [-0.3, -0.25) is 4.79 Å². The molecule has 1 heterocycles. The lowest BCUT2D eigenvalue weighted by atomic mass is 9.92. The second-order valence-electron chi connectivity index (χ2n) is 5.07. The Morgan fingerprint density at radius 2 is 1.82 bits per heavy atom. The predicted molar refractivity (Wildman–Crippen MR) is 70.7 cm³/mol. The highest BCUT2D eigenvalue weighted by Gasteiger charge is 2.12. The number of nitrogens with one attached hydrogen (secondary N) is 1. The first-order valence-corrected chi connectivity index (χ1v) is 6.15. The van der Waals surface area contributed by atoms with E-state index < -0.39 is 0 Å². The number of hydrogen-bond acceptors (Lipinski definition) is 2. The molecule has 94 valence electrons. The number of hydrogen-bond donors (Lipinski definition) is 1. The highest BCUT2D eigenvalue weighted by Crippen LogP contribution is 2.18. The van der Waals surface area contributed by atoms with Crippen LogP contribution in [0, 0.1) is 5.41 Å². The number of carbonyl (C=O) groups excluding carboxylic acids is 1. The van der Waals surface area contributed by atoms with E-state index >= 15 is 0 Å². The summed E-state index contributed by atoms with van der Waals surface area (Å²) >= 11 is 11.5. The summed E-state index contributed by atoms with van der Waals surface area (Å²) in [6.07, 6.45) is 0.908. The third-order valence-corrected chi connectivity index (χ3v) is 2.57. The SMILES string of the molecule is CC(C)(C)CCNC(=O)c1cc(Cl)nc(Cl)c1. The van der Waals surface area contributed by atoms with Crippen molar-refractivity contribution >= 4 is 29.1 Å². The van der Waals surface area contributed by atoms with E-state index in [1.165, 1.54) is 12.1 Å². The predicted octanol–water partition coefficient (Wildman–Crippen LogP) is 3.55. The molecule has 5 heteroatoms. The number of nitrogens with zero attached hydrogens (tertiary/aromatic N) is 1. The molecule has 0 atom stereocenters. The van der Waals surface area contributed by atoms with E-state index in [9.17, 15) is 4.79 Å². The number of rotatable bonds is 3. The van der Waals surface area contributed by atoms with E-state index in [0.717, 1.165) is 6.42 Å². The van der Waals surface area contributed by atoms with Gasteiger partial charge in [0.25, 0.3) is 5.91 Å². The molecule has 0 radical (unpaired) electrons. The lowest BCUT2D eigenvalue weighted by Crippen LogP contribution is -2.27. The summed E-state index contributed by atoms with van der Waals surface area (Å²) in [7, 11) is 0. The van der Waals surface area contributed by atoms with Gasteiger partial charge in [0.1, 0.15) is 10.3 Å². The monoisotopic (exact) mass is 274 g/mol. The zero-order chi connectivity index (χ0) is 13.1. The molecule has 17 heavy (non-hydrogen) atoms. The van der Waals surface area contributed by atoms with Crippen molar-refractivity contribution in [1.82, 2.24) is 10.3 Å². The summed E-state index contributed by atoms with van der Waals surface area (Å²) < 4.78 is 0. The van der Waals surface area contributed by atoms with Crippen LogP contribution in [0.3, 0.4) is 0 Å². The molecule has 0 saturated carbocycles. The normalized spacial score (nSPS) is 11.4. The number of carbonyl (C=O) groups is 1. The van der Waals surface area contributed by atoms with Crippen molar-refractivity contribution < 1.29 is 4.79 Å². The second-order valence-corrected chi connectivity index (χ2v) is 5.84. The maximum Gasteiger partial charge on any atom is 0.251 e. The van der Waals surface area contributed by atoms with Crippen LogP contribution in [-0.4, -0.2) is 17.4 Å². The average molecular weight is 275 g/mol. The standard InChI is InChI=1S/C12H16Cl2N2O/c1-12(2,3)4-5-15-11(17)8-6-9(13)16-10(14)7-8/h6-7H,4-5H2,1-3H3,(H,15,17). The minimum atomic E-state index is -0.180. The molecule has 0 bridgehead atoms. The molecular weight excluding hydrogens is 259 g/mol. The fraction of sp³-hybridized carbons (Fsp3) is 0.500. The number of aromatic nitrogens is 1. The Bertz CT molecular complexity index is 393. The first-order chi connectivity index (χ1) is 7.78. The zero-order valence-corrected chi connectivity index (χ0v) is 11.7. The van der Waals surface area contributed by atoms with Gasteiger partial charge in [0.05, 0.1) is 0 Å². The largest absolute Gasteiger partial charge is 0.352 e. The van der Waals surface area contributed by atoms with Crippen LogP contribution in [0.2, 0.25) is 10.3 Å². The fourth-order valence-corrected chi connectivity index (χ4v) is 1.71. The molecule has 1 rings (SSSR count). The summed E-state index contributed by atoms with van der Waals surface area (Å²) in [5.74, 6) is -0.180. The van der Waals surface area contributed by atoms with Crippen LogP contribution >= 0.6 is 23.2 Å².